The van der Waals surface area contributed by atoms with Crippen molar-refractivity contribution >= 4 is 16.9 Å². The lowest BCUT2D eigenvalue weighted by molar-refractivity contribution is 0.0360. The minimum Gasteiger partial charge on any atom is -0.418 e. The Bertz CT molecular complexity index is 1750. The normalized spacial score (nSPS) is 16.6. The van der Waals surface area contributed by atoms with E-state index in [1.165, 1.54) is 6.07 Å². The molecule has 2 fully saturated rings. The van der Waals surface area contributed by atoms with E-state index in [0.29, 0.717) is 47.2 Å². The number of imidazole rings is 1. The van der Waals surface area contributed by atoms with Gasteiger partial charge in [0, 0.05) is 63.1 Å². The summed E-state index contributed by atoms with van der Waals surface area (Å²) in [5.74, 6) is 0.501. The van der Waals surface area contributed by atoms with Crippen LogP contribution in [0.2, 0.25) is 0 Å². The number of ether oxygens (including phenoxy) is 2. The number of nitrogens with zero attached hydrogens (tertiary/aromatic N) is 7. The molecular weight excluding hydrogens is 567 g/mol. The summed E-state index contributed by atoms with van der Waals surface area (Å²) < 4.78 is 33.6. The molecule has 12 nitrogen and oxygen atoms in total. The third-order valence-corrected chi connectivity index (χ3v) is 8.28. The highest BCUT2D eigenvalue weighted by molar-refractivity contribution is 5.92. The van der Waals surface area contributed by atoms with Crippen LogP contribution in [0.4, 0.5) is 4.39 Å². The number of hydrogen-bond acceptors (Lipinski definition) is 10. The highest BCUT2D eigenvalue weighted by atomic mass is 19.1. The summed E-state index contributed by atoms with van der Waals surface area (Å²) in [6, 6.07) is 6.87. The third kappa shape index (κ3) is 6.16. The number of morpholine rings is 1. The maximum atomic E-state index is 15.3. The number of nitrogens with one attached hydrogen (secondary N) is 1. The van der Waals surface area contributed by atoms with Gasteiger partial charge in [-0.3, -0.25) is 14.4 Å². The van der Waals surface area contributed by atoms with Gasteiger partial charge < -0.3 is 18.9 Å². The first-order valence-electron chi connectivity index (χ1n) is 15.0. The molecule has 0 amide bonds. The third-order valence-electron chi connectivity index (χ3n) is 8.28. The van der Waals surface area contributed by atoms with Gasteiger partial charge in [-0.25, -0.2) is 14.4 Å². The lowest BCUT2D eigenvalue weighted by atomic mass is 10.0. The van der Waals surface area contributed by atoms with Crippen molar-refractivity contribution < 1.29 is 23.1 Å². The molecule has 228 valence electrons. The summed E-state index contributed by atoms with van der Waals surface area (Å²) in [4.78, 5) is 27.5. The quantitative estimate of drug-likeness (QED) is 0.234. The van der Waals surface area contributed by atoms with Crippen LogP contribution < -0.4 is 0 Å². The molecule has 0 aliphatic carbocycles. The Morgan fingerprint density at radius 3 is 2.70 bits per heavy atom. The lowest BCUT2D eigenvalue weighted by Crippen LogP contribution is -2.38. The van der Waals surface area contributed by atoms with E-state index in [0.717, 1.165) is 63.4 Å². The Morgan fingerprint density at radius 2 is 1.86 bits per heavy atom. The molecule has 5 aromatic rings. The monoisotopic (exact) mass is 600 g/mol. The topological polar surface area (TPSA) is 137 Å². The number of aromatic nitrogens is 7. The van der Waals surface area contributed by atoms with Crippen molar-refractivity contribution in [1.29, 1.82) is 0 Å². The van der Waals surface area contributed by atoms with Crippen LogP contribution >= 0.6 is 0 Å². The number of hydrogen-bond donors (Lipinski definition) is 1. The van der Waals surface area contributed by atoms with Crippen LogP contribution in [0.3, 0.4) is 0 Å². The average Bonchev–Trinajstić information content (AvgIpc) is 3.84. The number of rotatable bonds is 10. The van der Waals surface area contributed by atoms with E-state index in [9.17, 15) is 4.79 Å². The zero-order valence-electron chi connectivity index (χ0n) is 24.2. The molecule has 0 radical (unpaired) electrons. The van der Waals surface area contributed by atoms with Gasteiger partial charge in [0.2, 0.25) is 11.7 Å². The van der Waals surface area contributed by atoms with Gasteiger partial charge in [0.25, 0.3) is 5.89 Å². The number of H-pyrrole nitrogens is 1. The second kappa shape index (κ2) is 12.7. The first-order valence-corrected chi connectivity index (χ1v) is 15.0. The molecule has 44 heavy (non-hydrogen) atoms. The number of aryl methyl sites for hydroxylation is 1. The van der Waals surface area contributed by atoms with Crippen molar-refractivity contribution in [2.24, 2.45) is 0 Å². The van der Waals surface area contributed by atoms with Gasteiger partial charge in [-0.15, -0.1) is 10.2 Å². The lowest BCUT2D eigenvalue weighted by Gasteiger charge is -2.26. The Labute approximate surface area is 252 Å². The molecule has 6 heterocycles. The molecule has 13 heteroatoms. The van der Waals surface area contributed by atoms with Gasteiger partial charge in [0.05, 0.1) is 37.0 Å². The smallest absolute Gasteiger partial charge is 0.284 e. The summed E-state index contributed by atoms with van der Waals surface area (Å²) in [5.41, 5.74) is 3.99. The minimum absolute atomic E-state index is 0.0274. The number of Topliss-reactive ketones (excluding diaryl/α,β-unsaturated/α-hetero) is 1. The van der Waals surface area contributed by atoms with E-state index in [-0.39, 0.29) is 30.4 Å². The standard InChI is InChI=1S/C31H33FN8O4/c32-25-17-22(2-1-20(25)3-4-26(41)31-38-37-30(44-31)21-6-13-42-14-7-21)24-5-8-33-29-27(24)35-28(36-29)23-18-34-40(19-23)10-9-39-11-15-43-16-12-39/h1-2,5,8,17-19,21H,3-4,6-7,9-16H2,(H,33,35,36). The molecule has 0 atom stereocenters. The molecule has 2 aliphatic rings. The molecule has 0 spiro atoms. The van der Waals surface area contributed by atoms with E-state index < -0.39 is 5.82 Å². The maximum absolute atomic E-state index is 15.3. The number of pyridine rings is 1. The van der Waals surface area contributed by atoms with Gasteiger partial charge in [-0.05, 0) is 42.5 Å². The first-order chi connectivity index (χ1) is 21.6. The van der Waals surface area contributed by atoms with Crippen LogP contribution in [-0.2, 0) is 22.4 Å². The fourth-order valence-electron chi connectivity index (χ4n) is 5.69. The molecule has 2 saturated heterocycles. The molecule has 4 aromatic heterocycles. The van der Waals surface area contributed by atoms with Crippen LogP contribution in [0.1, 0.15) is 47.3 Å². The number of carbonyl (C=O) groups excluding carboxylic acids is 1. The minimum atomic E-state index is -0.394. The summed E-state index contributed by atoms with van der Waals surface area (Å²) >= 11 is 0. The zero-order valence-corrected chi connectivity index (χ0v) is 24.2. The number of fused-ring (bicyclic) bond motifs is 1. The SMILES string of the molecule is O=C(CCc1ccc(-c2ccnc3nc(-c4cnn(CCN5CCOCC5)c4)[nH]c23)cc1F)c1nnc(C2CCOCC2)o1. The van der Waals surface area contributed by atoms with Crippen molar-refractivity contribution in [3.63, 3.8) is 0 Å². The number of aromatic amines is 1. The second-order valence-corrected chi connectivity index (χ2v) is 11.2. The van der Waals surface area contributed by atoms with Crippen molar-refractivity contribution in [1.82, 2.24) is 39.8 Å². The summed E-state index contributed by atoms with van der Waals surface area (Å²) in [6.07, 6.45) is 7.28. The van der Waals surface area contributed by atoms with Crippen LogP contribution in [0, 0.1) is 5.82 Å². The van der Waals surface area contributed by atoms with E-state index >= 15 is 4.39 Å². The van der Waals surface area contributed by atoms with Gasteiger partial charge in [-0.1, -0.05) is 12.1 Å². The van der Waals surface area contributed by atoms with Crippen molar-refractivity contribution in [2.75, 3.05) is 46.1 Å². The fourth-order valence-corrected chi connectivity index (χ4v) is 5.69. The number of carbonyl (C=O) groups is 1. The summed E-state index contributed by atoms with van der Waals surface area (Å²) in [7, 11) is 0. The van der Waals surface area contributed by atoms with Gasteiger partial charge in [0.15, 0.2) is 5.65 Å². The molecule has 7 rings (SSSR count). The molecule has 1 N–H and O–H groups in total. The Hall–Kier alpha value is -4.33. The molecule has 1 aromatic carbocycles. The number of benzene rings is 1. The average molecular weight is 601 g/mol. The maximum Gasteiger partial charge on any atom is 0.284 e. The van der Waals surface area contributed by atoms with Gasteiger partial charge in [0.1, 0.15) is 11.6 Å². The van der Waals surface area contributed by atoms with Crippen molar-refractivity contribution in [3.8, 4) is 22.5 Å². The van der Waals surface area contributed by atoms with Gasteiger partial charge >= 0.3 is 0 Å². The number of ketones is 1. The predicted octanol–water partition coefficient (Wildman–Crippen LogP) is 4.05. The molecule has 0 unspecified atom stereocenters. The first kappa shape index (κ1) is 28.4. The summed E-state index contributed by atoms with van der Waals surface area (Å²) in [6.45, 7) is 6.36. The molecular formula is C31H33FN8O4. The van der Waals surface area contributed by atoms with E-state index in [2.05, 4.69) is 35.1 Å². The van der Waals surface area contributed by atoms with Crippen LogP contribution in [0.25, 0.3) is 33.7 Å². The summed E-state index contributed by atoms with van der Waals surface area (Å²) in [5, 5.41) is 12.5. The Kier molecular flexibility index (Phi) is 8.22. The fraction of sp³-hybridized carbons (Fsp3) is 0.419. The van der Waals surface area contributed by atoms with Crippen molar-refractivity contribution in [2.45, 2.75) is 38.1 Å². The largest absolute Gasteiger partial charge is 0.418 e. The number of halogens is 1. The van der Waals surface area contributed by atoms with Gasteiger partial charge in [-0.2, -0.15) is 5.10 Å². The molecule has 0 bridgehead atoms. The van der Waals surface area contributed by atoms with Crippen LogP contribution in [0.5, 0.6) is 0 Å². The molecule has 2 aliphatic heterocycles. The predicted molar refractivity (Wildman–Crippen MR) is 158 cm³/mol. The van der Waals surface area contributed by atoms with Crippen LogP contribution in [-0.4, -0.2) is 91.7 Å². The zero-order chi connectivity index (χ0) is 29.9. The van der Waals surface area contributed by atoms with E-state index in [4.69, 9.17) is 13.9 Å². The highest BCUT2D eigenvalue weighted by Crippen LogP contribution is 2.30. The van der Waals surface area contributed by atoms with E-state index in [1.807, 2.05) is 23.0 Å². The Balaban J connectivity index is 1.02. The van der Waals surface area contributed by atoms with Crippen molar-refractivity contribution in [3.05, 3.63) is 66.0 Å². The highest BCUT2D eigenvalue weighted by Gasteiger charge is 2.24. The molecule has 0 saturated carbocycles. The Morgan fingerprint density at radius 1 is 1.02 bits per heavy atom. The van der Waals surface area contributed by atoms with E-state index in [1.54, 1.807) is 18.5 Å². The second-order valence-electron chi connectivity index (χ2n) is 11.2. The van der Waals surface area contributed by atoms with Crippen LogP contribution in [0.15, 0.2) is 47.3 Å².